The van der Waals surface area contributed by atoms with Gasteiger partial charge in [-0.1, -0.05) is 24.3 Å². The van der Waals surface area contributed by atoms with E-state index in [1.165, 1.54) is 6.07 Å². The number of para-hydroxylation sites is 1. The Kier molecular flexibility index (Phi) is 5.07. The molecule has 3 rings (SSSR count). The minimum Gasteiger partial charge on any atom is -0.352 e. The molecule has 1 heterocycles. The first-order valence-electron chi connectivity index (χ1n) is 8.17. The van der Waals surface area contributed by atoms with E-state index < -0.39 is 4.92 Å². The van der Waals surface area contributed by atoms with Crippen molar-refractivity contribution in [3.63, 3.8) is 0 Å². The Bertz CT molecular complexity index is 935. The van der Waals surface area contributed by atoms with Crippen LogP contribution in [0.2, 0.25) is 0 Å². The maximum absolute atomic E-state index is 12.2. The Hall–Kier alpha value is -3.48. The molecule has 2 aromatic carbocycles. The molecule has 0 saturated heterocycles. The lowest BCUT2D eigenvalue weighted by molar-refractivity contribution is -0.385. The highest BCUT2D eigenvalue weighted by Gasteiger charge is 2.14. The normalized spacial score (nSPS) is 10.5. The minimum absolute atomic E-state index is 0.0539. The number of carbonyl (C=O) groups excluding carboxylic acids is 1. The first-order valence-corrected chi connectivity index (χ1v) is 8.17. The second-order valence-corrected chi connectivity index (χ2v) is 5.89. The van der Waals surface area contributed by atoms with Crippen LogP contribution in [0.5, 0.6) is 0 Å². The molecule has 132 valence electrons. The molecule has 0 saturated carbocycles. The van der Waals surface area contributed by atoms with E-state index in [0.717, 1.165) is 11.3 Å². The van der Waals surface area contributed by atoms with E-state index in [0.29, 0.717) is 18.5 Å². The highest BCUT2D eigenvalue weighted by atomic mass is 16.6. The third kappa shape index (κ3) is 3.94. The number of nitrogens with zero attached hydrogens (tertiary/aromatic N) is 3. The number of nitro groups is 1. The monoisotopic (exact) mass is 350 g/mol. The number of amides is 1. The van der Waals surface area contributed by atoms with Gasteiger partial charge in [-0.25, -0.2) is 4.68 Å². The maximum Gasteiger partial charge on any atom is 0.273 e. The molecule has 0 aliphatic carbocycles. The third-order valence-electron chi connectivity index (χ3n) is 4.02. The molecule has 7 nitrogen and oxygen atoms in total. The van der Waals surface area contributed by atoms with Gasteiger partial charge >= 0.3 is 0 Å². The van der Waals surface area contributed by atoms with Gasteiger partial charge in [0.05, 0.1) is 16.8 Å². The number of aryl methyl sites for hydroxylation is 1. The number of nitrogens with one attached hydrogen (secondary N) is 1. The van der Waals surface area contributed by atoms with Crippen LogP contribution in [0.1, 0.15) is 21.5 Å². The summed E-state index contributed by atoms with van der Waals surface area (Å²) in [5, 5.41) is 18.1. The molecule has 1 N–H and O–H groups in total. The van der Waals surface area contributed by atoms with Crippen LogP contribution in [0.4, 0.5) is 5.69 Å². The fraction of sp³-hybridized carbons (Fsp3) is 0.158. The summed E-state index contributed by atoms with van der Waals surface area (Å²) < 4.78 is 1.78. The number of aromatic nitrogens is 2. The summed E-state index contributed by atoms with van der Waals surface area (Å²) in [6.07, 6.45) is 4.29. The Morgan fingerprint density at radius 2 is 2.00 bits per heavy atom. The van der Waals surface area contributed by atoms with Crippen molar-refractivity contribution in [1.82, 2.24) is 15.1 Å². The molecule has 0 unspecified atom stereocenters. The van der Waals surface area contributed by atoms with E-state index in [4.69, 9.17) is 0 Å². The Labute approximate surface area is 150 Å². The molecule has 0 radical (unpaired) electrons. The van der Waals surface area contributed by atoms with E-state index in [2.05, 4.69) is 10.4 Å². The van der Waals surface area contributed by atoms with Gasteiger partial charge in [0.15, 0.2) is 0 Å². The molecule has 0 aliphatic rings. The summed E-state index contributed by atoms with van der Waals surface area (Å²) >= 11 is 0. The number of benzene rings is 2. The van der Waals surface area contributed by atoms with Crippen LogP contribution < -0.4 is 5.32 Å². The zero-order valence-corrected chi connectivity index (χ0v) is 14.3. The largest absolute Gasteiger partial charge is 0.352 e. The van der Waals surface area contributed by atoms with Gasteiger partial charge in [0.1, 0.15) is 0 Å². The fourth-order valence-electron chi connectivity index (χ4n) is 2.58. The quantitative estimate of drug-likeness (QED) is 0.546. The van der Waals surface area contributed by atoms with Crippen molar-refractivity contribution in [3.05, 3.63) is 87.7 Å². The predicted molar refractivity (Wildman–Crippen MR) is 97.4 cm³/mol. The fourth-order valence-corrected chi connectivity index (χ4v) is 2.58. The lowest BCUT2D eigenvalue weighted by Crippen LogP contribution is -2.25. The van der Waals surface area contributed by atoms with Crippen LogP contribution in [-0.4, -0.2) is 27.2 Å². The van der Waals surface area contributed by atoms with Crippen molar-refractivity contribution in [2.45, 2.75) is 13.3 Å². The summed E-state index contributed by atoms with van der Waals surface area (Å²) in [6, 6.07) is 14.2. The van der Waals surface area contributed by atoms with Gasteiger partial charge in [0, 0.05) is 29.9 Å². The molecule has 26 heavy (non-hydrogen) atoms. The number of hydrogen-bond donors (Lipinski definition) is 1. The highest BCUT2D eigenvalue weighted by Crippen LogP contribution is 2.19. The summed E-state index contributed by atoms with van der Waals surface area (Å²) in [7, 11) is 0. The predicted octanol–water partition coefficient (Wildman–Crippen LogP) is 3.06. The van der Waals surface area contributed by atoms with Crippen molar-refractivity contribution in [3.8, 4) is 5.69 Å². The van der Waals surface area contributed by atoms with E-state index in [9.17, 15) is 14.9 Å². The van der Waals surface area contributed by atoms with Gasteiger partial charge in [-0.3, -0.25) is 14.9 Å². The van der Waals surface area contributed by atoms with Gasteiger partial charge in [0.25, 0.3) is 11.6 Å². The Balaban J connectivity index is 1.58. The number of nitro benzene ring substituents is 1. The SMILES string of the molecule is Cc1ccc(C(=O)NCCc2cnn(-c3ccccc3)c2)cc1[N+](=O)[O-]. The molecule has 0 atom stereocenters. The number of carbonyl (C=O) groups is 1. The van der Waals surface area contributed by atoms with Crippen molar-refractivity contribution >= 4 is 11.6 Å². The van der Waals surface area contributed by atoms with Crippen LogP contribution in [0.3, 0.4) is 0 Å². The van der Waals surface area contributed by atoms with Crippen LogP contribution in [0, 0.1) is 17.0 Å². The average molecular weight is 350 g/mol. The second kappa shape index (κ2) is 7.60. The van der Waals surface area contributed by atoms with Crippen molar-refractivity contribution in [1.29, 1.82) is 0 Å². The van der Waals surface area contributed by atoms with E-state index in [1.807, 2.05) is 36.5 Å². The van der Waals surface area contributed by atoms with Gasteiger partial charge in [0.2, 0.25) is 0 Å². The van der Waals surface area contributed by atoms with Crippen molar-refractivity contribution in [2.75, 3.05) is 6.54 Å². The maximum atomic E-state index is 12.2. The van der Waals surface area contributed by atoms with Gasteiger partial charge in [-0.2, -0.15) is 5.10 Å². The average Bonchev–Trinajstić information content (AvgIpc) is 3.11. The molecule has 3 aromatic rings. The van der Waals surface area contributed by atoms with E-state index in [-0.39, 0.29) is 17.2 Å². The first kappa shape index (κ1) is 17.3. The summed E-state index contributed by atoms with van der Waals surface area (Å²) in [5.41, 5.74) is 2.71. The van der Waals surface area contributed by atoms with E-state index >= 15 is 0 Å². The van der Waals surface area contributed by atoms with Gasteiger partial charge in [-0.05, 0) is 37.1 Å². The molecule has 1 amide bonds. The number of rotatable bonds is 6. The Morgan fingerprint density at radius 1 is 1.23 bits per heavy atom. The molecule has 0 aliphatic heterocycles. The molecular formula is C19H18N4O3. The minimum atomic E-state index is -0.482. The molecule has 0 spiro atoms. The summed E-state index contributed by atoms with van der Waals surface area (Å²) in [4.78, 5) is 22.7. The van der Waals surface area contributed by atoms with Gasteiger partial charge in [-0.15, -0.1) is 0 Å². The molecule has 1 aromatic heterocycles. The smallest absolute Gasteiger partial charge is 0.273 e. The van der Waals surface area contributed by atoms with E-state index in [1.54, 1.807) is 29.9 Å². The van der Waals surface area contributed by atoms with Crippen LogP contribution >= 0.6 is 0 Å². The van der Waals surface area contributed by atoms with Crippen molar-refractivity contribution in [2.24, 2.45) is 0 Å². The van der Waals surface area contributed by atoms with Crippen LogP contribution in [0.25, 0.3) is 5.69 Å². The van der Waals surface area contributed by atoms with Crippen molar-refractivity contribution < 1.29 is 9.72 Å². The standard InChI is InChI=1S/C19H18N4O3/c1-14-7-8-16(11-18(14)23(25)26)19(24)20-10-9-15-12-21-22(13-15)17-5-3-2-4-6-17/h2-8,11-13H,9-10H2,1H3,(H,20,24). The Morgan fingerprint density at radius 3 is 2.73 bits per heavy atom. The summed E-state index contributed by atoms with van der Waals surface area (Å²) in [5.74, 6) is -0.330. The summed E-state index contributed by atoms with van der Waals surface area (Å²) in [6.45, 7) is 2.06. The van der Waals surface area contributed by atoms with Gasteiger partial charge < -0.3 is 5.32 Å². The third-order valence-corrected chi connectivity index (χ3v) is 4.02. The topological polar surface area (TPSA) is 90.1 Å². The zero-order chi connectivity index (χ0) is 18.5. The number of hydrogen-bond acceptors (Lipinski definition) is 4. The second-order valence-electron chi connectivity index (χ2n) is 5.89. The molecular weight excluding hydrogens is 332 g/mol. The zero-order valence-electron chi connectivity index (χ0n) is 14.3. The molecule has 0 fully saturated rings. The lowest BCUT2D eigenvalue weighted by atomic mass is 10.1. The first-order chi connectivity index (χ1) is 12.5. The molecule has 7 heteroatoms. The molecule has 0 bridgehead atoms. The van der Waals surface area contributed by atoms with Crippen LogP contribution in [-0.2, 0) is 6.42 Å². The lowest BCUT2D eigenvalue weighted by Gasteiger charge is -2.05. The highest BCUT2D eigenvalue weighted by molar-refractivity contribution is 5.94. The van der Waals surface area contributed by atoms with Crippen LogP contribution in [0.15, 0.2) is 60.9 Å².